The SMILES string of the molecule is COc1ccc(C(=O)Nc2ccc3c(c2)NC(=O)[C@H](C)O3)cc1F. The van der Waals surface area contributed by atoms with E-state index in [1.54, 1.807) is 25.1 Å². The molecule has 0 aliphatic carbocycles. The molecular weight excluding hydrogens is 315 g/mol. The summed E-state index contributed by atoms with van der Waals surface area (Å²) < 4.78 is 23.9. The maximum absolute atomic E-state index is 13.7. The van der Waals surface area contributed by atoms with Crippen LogP contribution in [0.3, 0.4) is 0 Å². The third-order valence-electron chi connectivity index (χ3n) is 3.58. The van der Waals surface area contributed by atoms with Crippen LogP contribution in [0.2, 0.25) is 0 Å². The van der Waals surface area contributed by atoms with Crippen LogP contribution >= 0.6 is 0 Å². The number of fused-ring (bicyclic) bond motifs is 1. The van der Waals surface area contributed by atoms with Crippen LogP contribution < -0.4 is 20.1 Å². The Bertz CT molecular complexity index is 822. The fourth-order valence-electron chi connectivity index (χ4n) is 2.30. The smallest absolute Gasteiger partial charge is 0.265 e. The molecule has 7 heteroatoms. The van der Waals surface area contributed by atoms with E-state index >= 15 is 0 Å². The molecule has 1 heterocycles. The molecule has 2 aromatic carbocycles. The van der Waals surface area contributed by atoms with E-state index in [0.29, 0.717) is 17.1 Å². The second-order valence-corrected chi connectivity index (χ2v) is 5.26. The van der Waals surface area contributed by atoms with Crippen LogP contribution in [0, 0.1) is 5.82 Å². The van der Waals surface area contributed by atoms with Gasteiger partial charge in [-0.3, -0.25) is 9.59 Å². The molecule has 0 fully saturated rings. The Morgan fingerprint density at radius 1 is 1.29 bits per heavy atom. The maximum Gasteiger partial charge on any atom is 0.265 e. The number of carbonyl (C=O) groups excluding carboxylic acids is 2. The summed E-state index contributed by atoms with van der Waals surface area (Å²) in [6.45, 7) is 1.65. The lowest BCUT2D eigenvalue weighted by Crippen LogP contribution is -2.34. The van der Waals surface area contributed by atoms with E-state index < -0.39 is 17.8 Å². The van der Waals surface area contributed by atoms with Gasteiger partial charge in [-0.05, 0) is 43.3 Å². The number of methoxy groups -OCH3 is 1. The molecule has 0 aromatic heterocycles. The summed E-state index contributed by atoms with van der Waals surface area (Å²) in [5.74, 6) is -0.772. The van der Waals surface area contributed by atoms with Gasteiger partial charge in [-0.2, -0.15) is 0 Å². The number of halogens is 1. The molecule has 24 heavy (non-hydrogen) atoms. The molecule has 1 aliphatic rings. The molecule has 0 saturated carbocycles. The van der Waals surface area contributed by atoms with E-state index in [1.165, 1.54) is 19.2 Å². The van der Waals surface area contributed by atoms with Gasteiger partial charge in [-0.15, -0.1) is 0 Å². The van der Waals surface area contributed by atoms with Crippen LogP contribution in [-0.4, -0.2) is 25.0 Å². The van der Waals surface area contributed by atoms with Crippen molar-refractivity contribution in [2.45, 2.75) is 13.0 Å². The molecule has 3 rings (SSSR count). The van der Waals surface area contributed by atoms with Gasteiger partial charge in [0.05, 0.1) is 12.8 Å². The van der Waals surface area contributed by atoms with Crippen molar-refractivity contribution < 1.29 is 23.5 Å². The largest absolute Gasteiger partial charge is 0.494 e. The number of carbonyl (C=O) groups is 2. The van der Waals surface area contributed by atoms with Crippen molar-refractivity contribution in [3.8, 4) is 11.5 Å². The fourth-order valence-corrected chi connectivity index (χ4v) is 2.30. The number of benzene rings is 2. The highest BCUT2D eigenvalue weighted by atomic mass is 19.1. The third kappa shape index (κ3) is 3.01. The summed E-state index contributed by atoms with van der Waals surface area (Å²) in [6.07, 6.45) is -0.569. The van der Waals surface area contributed by atoms with Gasteiger partial charge in [0.1, 0.15) is 5.75 Å². The lowest BCUT2D eigenvalue weighted by Gasteiger charge is -2.23. The van der Waals surface area contributed by atoms with Crippen molar-refractivity contribution in [3.05, 3.63) is 47.8 Å². The number of rotatable bonds is 3. The minimum atomic E-state index is -0.620. The van der Waals surface area contributed by atoms with Crippen molar-refractivity contribution in [3.63, 3.8) is 0 Å². The van der Waals surface area contributed by atoms with Gasteiger partial charge in [-0.25, -0.2) is 4.39 Å². The predicted octanol–water partition coefficient (Wildman–Crippen LogP) is 2.81. The molecule has 0 spiro atoms. The standard InChI is InChI=1S/C17H15FN2O4/c1-9-16(21)20-13-8-11(4-6-15(13)24-9)19-17(22)10-3-5-14(23-2)12(18)7-10/h3-9H,1-2H3,(H,19,22)(H,20,21)/t9-/m0/s1. The number of hydrogen-bond acceptors (Lipinski definition) is 4. The van der Waals surface area contributed by atoms with Crippen LogP contribution in [0.4, 0.5) is 15.8 Å². The molecule has 124 valence electrons. The van der Waals surface area contributed by atoms with Crippen molar-refractivity contribution in [1.29, 1.82) is 0 Å². The zero-order valence-corrected chi connectivity index (χ0v) is 13.1. The lowest BCUT2D eigenvalue weighted by molar-refractivity contribution is -0.122. The second kappa shape index (κ2) is 6.19. The Labute approximate surface area is 137 Å². The van der Waals surface area contributed by atoms with Gasteiger partial charge in [0.15, 0.2) is 17.7 Å². The van der Waals surface area contributed by atoms with Crippen LogP contribution in [0.5, 0.6) is 11.5 Å². The van der Waals surface area contributed by atoms with E-state index in [4.69, 9.17) is 9.47 Å². The van der Waals surface area contributed by atoms with E-state index in [2.05, 4.69) is 10.6 Å². The summed E-state index contributed by atoms with van der Waals surface area (Å²) in [7, 11) is 1.35. The van der Waals surface area contributed by atoms with Crippen molar-refractivity contribution >= 4 is 23.2 Å². The van der Waals surface area contributed by atoms with E-state index in [-0.39, 0.29) is 17.2 Å². The minimum Gasteiger partial charge on any atom is -0.494 e. The van der Waals surface area contributed by atoms with E-state index in [1.807, 2.05) is 0 Å². The molecule has 2 aromatic rings. The van der Waals surface area contributed by atoms with E-state index in [0.717, 1.165) is 6.07 Å². The highest BCUT2D eigenvalue weighted by Crippen LogP contribution is 2.32. The molecule has 0 unspecified atom stereocenters. The molecule has 1 atom stereocenters. The average Bonchev–Trinajstić information content (AvgIpc) is 2.56. The highest BCUT2D eigenvalue weighted by molar-refractivity contribution is 6.05. The summed E-state index contributed by atoms with van der Waals surface area (Å²) in [5.41, 5.74) is 1.07. The molecule has 0 bridgehead atoms. The number of hydrogen-bond donors (Lipinski definition) is 2. The fraction of sp³-hybridized carbons (Fsp3) is 0.176. The summed E-state index contributed by atoms with van der Waals surface area (Å²) in [6, 6.07) is 8.81. The van der Waals surface area contributed by atoms with Gasteiger partial charge in [0, 0.05) is 11.3 Å². The average molecular weight is 330 g/mol. The normalized spacial score (nSPS) is 15.8. The Hall–Kier alpha value is -3.09. The zero-order valence-electron chi connectivity index (χ0n) is 13.1. The Morgan fingerprint density at radius 3 is 2.79 bits per heavy atom. The number of amides is 2. The van der Waals surface area contributed by atoms with Gasteiger partial charge < -0.3 is 20.1 Å². The van der Waals surface area contributed by atoms with Crippen LogP contribution in [0.25, 0.3) is 0 Å². The first-order valence-corrected chi connectivity index (χ1v) is 7.24. The number of anilines is 2. The monoisotopic (exact) mass is 330 g/mol. The van der Waals surface area contributed by atoms with Crippen LogP contribution in [0.15, 0.2) is 36.4 Å². The summed E-state index contributed by atoms with van der Waals surface area (Å²) in [4.78, 5) is 23.8. The molecule has 2 N–H and O–H groups in total. The summed E-state index contributed by atoms with van der Waals surface area (Å²) in [5, 5.41) is 5.34. The summed E-state index contributed by atoms with van der Waals surface area (Å²) >= 11 is 0. The second-order valence-electron chi connectivity index (χ2n) is 5.26. The lowest BCUT2D eigenvalue weighted by atomic mass is 10.1. The van der Waals surface area contributed by atoms with E-state index in [9.17, 15) is 14.0 Å². The van der Waals surface area contributed by atoms with Crippen molar-refractivity contribution in [1.82, 2.24) is 0 Å². The van der Waals surface area contributed by atoms with Gasteiger partial charge in [-0.1, -0.05) is 0 Å². The molecule has 6 nitrogen and oxygen atoms in total. The minimum absolute atomic E-state index is 0.0642. The van der Waals surface area contributed by atoms with Crippen LogP contribution in [-0.2, 0) is 4.79 Å². The highest BCUT2D eigenvalue weighted by Gasteiger charge is 2.23. The van der Waals surface area contributed by atoms with Gasteiger partial charge >= 0.3 is 0 Å². The Balaban J connectivity index is 1.79. The topological polar surface area (TPSA) is 76.7 Å². The maximum atomic E-state index is 13.7. The first-order valence-electron chi connectivity index (χ1n) is 7.24. The number of ether oxygens (including phenoxy) is 2. The first kappa shape index (κ1) is 15.8. The molecule has 0 radical (unpaired) electrons. The predicted molar refractivity (Wildman–Crippen MR) is 86.1 cm³/mol. The first-order chi connectivity index (χ1) is 11.5. The molecular formula is C17H15FN2O4. The quantitative estimate of drug-likeness (QED) is 0.907. The van der Waals surface area contributed by atoms with Gasteiger partial charge in [0.2, 0.25) is 0 Å². The molecule has 1 aliphatic heterocycles. The van der Waals surface area contributed by atoms with Crippen LogP contribution in [0.1, 0.15) is 17.3 Å². The Morgan fingerprint density at radius 2 is 2.08 bits per heavy atom. The van der Waals surface area contributed by atoms with Crippen molar-refractivity contribution in [2.24, 2.45) is 0 Å². The Kier molecular flexibility index (Phi) is 4.07. The molecule has 2 amide bonds. The number of nitrogens with one attached hydrogen (secondary N) is 2. The van der Waals surface area contributed by atoms with Gasteiger partial charge in [0.25, 0.3) is 11.8 Å². The zero-order chi connectivity index (χ0) is 17.3. The van der Waals surface area contributed by atoms with Crippen molar-refractivity contribution in [2.75, 3.05) is 17.7 Å². The molecule has 0 saturated heterocycles. The third-order valence-corrected chi connectivity index (χ3v) is 3.58.